The summed E-state index contributed by atoms with van der Waals surface area (Å²) in [5.41, 5.74) is 10.3. The molecule has 2 aliphatic heterocycles. The Morgan fingerprint density at radius 3 is 3.04 bits per heavy atom. The zero-order valence-electron chi connectivity index (χ0n) is 15.4. The number of carbonyl (C=O) groups excluding carboxylic acids is 1. The summed E-state index contributed by atoms with van der Waals surface area (Å²) >= 11 is 0. The molecule has 0 bridgehead atoms. The Hall–Kier alpha value is -1.76. The SMILES string of the molecule is B[PH]1(O)OC[C@H]2O[C@@H](n3ccc(N)nc3=O)C(OC(=O)NCCCCN)[C@@H]2O1. The third-order valence-corrected chi connectivity index (χ3v) is 5.84. The van der Waals surface area contributed by atoms with E-state index in [2.05, 4.69) is 10.3 Å². The van der Waals surface area contributed by atoms with E-state index in [9.17, 15) is 14.5 Å². The Kier molecular flexibility index (Phi) is 6.53. The van der Waals surface area contributed by atoms with Crippen molar-refractivity contribution in [3.8, 4) is 0 Å². The molecule has 1 aromatic rings. The topological polar surface area (TPSA) is 173 Å². The number of aromatic nitrogens is 2. The van der Waals surface area contributed by atoms with Gasteiger partial charge in [0.2, 0.25) is 0 Å². The Balaban J connectivity index is 1.79. The zero-order chi connectivity index (χ0) is 20.3. The summed E-state index contributed by atoms with van der Waals surface area (Å²) in [6, 6.07) is 1.43. The molecule has 28 heavy (non-hydrogen) atoms. The summed E-state index contributed by atoms with van der Waals surface area (Å²) in [6.07, 6.45) is -1.24. The maximum atomic E-state index is 12.2. The molecule has 1 unspecified atom stereocenters. The summed E-state index contributed by atoms with van der Waals surface area (Å²) in [7, 11) is -1.93. The molecule has 0 aromatic carbocycles. The molecule has 0 spiro atoms. The van der Waals surface area contributed by atoms with E-state index in [1.807, 2.05) is 0 Å². The van der Waals surface area contributed by atoms with Gasteiger partial charge in [-0.25, -0.2) is 0 Å². The van der Waals surface area contributed by atoms with Crippen molar-refractivity contribution in [3.63, 3.8) is 0 Å². The van der Waals surface area contributed by atoms with Crippen LogP contribution in [0.15, 0.2) is 17.1 Å². The van der Waals surface area contributed by atoms with Gasteiger partial charge in [0, 0.05) is 0 Å². The van der Waals surface area contributed by atoms with Gasteiger partial charge in [-0.1, -0.05) is 0 Å². The van der Waals surface area contributed by atoms with Crippen molar-refractivity contribution in [1.29, 1.82) is 0 Å². The number of rotatable bonds is 6. The van der Waals surface area contributed by atoms with Gasteiger partial charge in [0.25, 0.3) is 0 Å². The van der Waals surface area contributed by atoms with Gasteiger partial charge in [-0.3, -0.25) is 0 Å². The molecule has 0 saturated carbocycles. The average molecular weight is 417 g/mol. The number of nitrogens with two attached hydrogens (primary N) is 2. The molecule has 3 heterocycles. The van der Waals surface area contributed by atoms with E-state index in [0.717, 1.165) is 6.42 Å². The van der Waals surface area contributed by atoms with E-state index in [4.69, 9.17) is 30.0 Å². The molecule has 156 valence electrons. The first-order valence-corrected chi connectivity index (χ1v) is 11.3. The molecule has 1 aromatic heterocycles. The number of nitrogens with zero attached hydrogens (tertiary/aromatic N) is 2. The first-order valence-electron chi connectivity index (χ1n) is 8.99. The second-order valence-corrected chi connectivity index (χ2v) is 9.01. The van der Waals surface area contributed by atoms with Crippen LogP contribution in [0.4, 0.5) is 10.6 Å². The molecular weight excluding hydrogens is 392 g/mol. The predicted molar refractivity (Wildman–Crippen MR) is 103 cm³/mol. The minimum absolute atomic E-state index is 0.0511. The van der Waals surface area contributed by atoms with Gasteiger partial charge in [0.15, 0.2) is 0 Å². The number of hydrogen-bond acceptors (Lipinski definition) is 10. The molecule has 2 aliphatic rings. The third kappa shape index (κ3) is 4.80. The Bertz CT molecular complexity index is 766. The molecule has 3 rings (SSSR count). The molecule has 0 aliphatic carbocycles. The number of nitrogen functional groups attached to an aromatic ring is 1. The van der Waals surface area contributed by atoms with Gasteiger partial charge in [-0.15, -0.1) is 0 Å². The van der Waals surface area contributed by atoms with Crippen molar-refractivity contribution in [2.45, 2.75) is 37.4 Å². The fourth-order valence-corrected chi connectivity index (χ4v) is 4.43. The normalized spacial score (nSPS) is 29.6. The van der Waals surface area contributed by atoms with Gasteiger partial charge in [-0.2, -0.15) is 0 Å². The van der Waals surface area contributed by atoms with Crippen LogP contribution in [0, 0.1) is 0 Å². The van der Waals surface area contributed by atoms with Crippen molar-refractivity contribution < 1.29 is 28.2 Å². The van der Waals surface area contributed by atoms with E-state index < -0.39 is 44.1 Å². The Morgan fingerprint density at radius 1 is 1.54 bits per heavy atom. The number of nitrogens with one attached hydrogen (secondary N) is 1. The number of carbonyl (C=O) groups is 1. The van der Waals surface area contributed by atoms with Crippen LogP contribution >= 0.6 is 7.82 Å². The molecule has 12 nitrogen and oxygen atoms in total. The van der Waals surface area contributed by atoms with Crippen LogP contribution < -0.4 is 22.5 Å². The van der Waals surface area contributed by atoms with Crippen molar-refractivity contribution in [2.24, 2.45) is 5.73 Å². The molecule has 2 fully saturated rings. The second kappa shape index (κ2) is 8.72. The van der Waals surface area contributed by atoms with Gasteiger partial charge < -0.3 is 0 Å². The fourth-order valence-electron chi connectivity index (χ4n) is 3.10. The summed E-state index contributed by atoms with van der Waals surface area (Å²) < 4.78 is 23.5. The number of amides is 1. The molecule has 1 amide bonds. The first-order chi connectivity index (χ1) is 13.3. The molecule has 4 atom stereocenters. The third-order valence-electron chi connectivity index (χ3n) is 4.42. The van der Waals surface area contributed by atoms with E-state index in [1.54, 1.807) is 0 Å². The molecule has 14 heteroatoms. The Morgan fingerprint density at radius 2 is 2.32 bits per heavy atom. The summed E-state index contributed by atoms with van der Waals surface area (Å²) in [4.78, 5) is 38.3. The number of anilines is 1. The van der Waals surface area contributed by atoms with Crippen LogP contribution in [-0.2, 0) is 18.5 Å². The fraction of sp³-hybridized carbons (Fsp3) is 0.643. The number of ether oxygens (including phenoxy) is 2. The quantitative estimate of drug-likeness (QED) is 0.230. The van der Waals surface area contributed by atoms with Crippen LogP contribution in [0.1, 0.15) is 19.1 Å². The Labute approximate surface area is 162 Å². The molecule has 0 radical (unpaired) electrons. The van der Waals surface area contributed by atoms with Crippen LogP contribution in [0.25, 0.3) is 0 Å². The van der Waals surface area contributed by atoms with E-state index in [1.165, 1.54) is 24.4 Å². The van der Waals surface area contributed by atoms with E-state index in [0.29, 0.717) is 19.5 Å². The van der Waals surface area contributed by atoms with Gasteiger partial charge >= 0.3 is 162 Å². The summed E-state index contributed by atoms with van der Waals surface area (Å²) in [6.45, 7) is 0.970. The maximum absolute atomic E-state index is 12.2. The van der Waals surface area contributed by atoms with Gasteiger partial charge in [0.05, 0.1) is 0 Å². The second-order valence-electron chi connectivity index (χ2n) is 6.69. The van der Waals surface area contributed by atoms with Crippen molar-refractivity contribution in [3.05, 3.63) is 22.7 Å². The summed E-state index contributed by atoms with van der Waals surface area (Å²) in [5, 5.41) is 2.62. The number of unbranched alkanes of at least 4 members (excludes halogenated alkanes) is 1. The zero-order valence-corrected chi connectivity index (χ0v) is 16.4. The van der Waals surface area contributed by atoms with Crippen LogP contribution in [0.3, 0.4) is 0 Å². The van der Waals surface area contributed by atoms with Crippen molar-refractivity contribution in [1.82, 2.24) is 14.9 Å². The van der Waals surface area contributed by atoms with Crippen LogP contribution in [0.2, 0.25) is 0 Å². The molecule has 6 N–H and O–H groups in total. The number of alkyl carbamates (subject to hydrolysis) is 1. The van der Waals surface area contributed by atoms with Crippen LogP contribution in [0.5, 0.6) is 0 Å². The minimum atomic E-state index is -3.39. The van der Waals surface area contributed by atoms with Crippen molar-refractivity contribution in [2.75, 3.05) is 25.4 Å². The van der Waals surface area contributed by atoms with Gasteiger partial charge in [0.1, 0.15) is 0 Å². The standard InChI is InChI=1S/C14H25BN5O7P/c15-28(23)24-7-8-10(27-28)11(26-14(22)18-5-2-1-4-16)12(25-8)20-6-3-9(17)19-13(20)21/h3,6,8,10-12,23,28H,1-2,4-5,7,15-16H2,(H,18,22)(H2,17,19,21)/t8-,10-,11?,12-/m1/s1. The van der Waals surface area contributed by atoms with Crippen LogP contribution in [-0.4, -0.2) is 66.1 Å². The summed E-state index contributed by atoms with van der Waals surface area (Å²) in [5.74, 6) is 0.0571. The van der Waals surface area contributed by atoms with E-state index in [-0.39, 0.29) is 12.4 Å². The van der Waals surface area contributed by atoms with E-state index >= 15 is 0 Å². The monoisotopic (exact) mass is 417 g/mol. The average Bonchev–Trinajstić information content (AvgIpc) is 2.95. The number of fused-ring (bicyclic) bond motifs is 1. The molecular formula is C14H25BN5O7P. The first kappa shape index (κ1) is 21.0. The van der Waals surface area contributed by atoms with Gasteiger partial charge in [-0.05, 0) is 0 Å². The van der Waals surface area contributed by atoms with Crippen molar-refractivity contribution >= 4 is 27.3 Å². The predicted octanol–water partition coefficient (Wildman–Crippen LogP) is -1.99. The molecule has 2 saturated heterocycles. The number of hydrogen-bond donors (Lipinski definition) is 4.